The molecule has 2 rings (SSSR count). The van der Waals surface area contributed by atoms with E-state index >= 15 is 0 Å². The van der Waals surface area contributed by atoms with Gasteiger partial charge in [-0.05, 0) is 40.2 Å². The van der Waals surface area contributed by atoms with Gasteiger partial charge in [-0.1, -0.05) is 46.4 Å². The second-order valence-electron chi connectivity index (χ2n) is 3.91. The van der Waals surface area contributed by atoms with Crippen LogP contribution >= 0.6 is 62.3 Å². The summed E-state index contributed by atoms with van der Waals surface area (Å²) in [5.41, 5.74) is 6.64. The molecule has 104 valence electrons. The highest BCUT2D eigenvalue weighted by atomic mass is 79.9. The molecule has 0 heterocycles. The first-order chi connectivity index (χ1) is 9.32. The Balaban J connectivity index is 2.59. The summed E-state index contributed by atoms with van der Waals surface area (Å²) >= 11 is 27.1. The SMILES string of the molecule is Nc1cc(C(=O)c2c(Cl)cc(Cl)c(Cl)c2Cl)ccc1Br. The van der Waals surface area contributed by atoms with Gasteiger partial charge in [0, 0.05) is 15.7 Å². The first-order valence-electron chi connectivity index (χ1n) is 5.25. The summed E-state index contributed by atoms with van der Waals surface area (Å²) in [4.78, 5) is 12.5. The molecular weight excluding hydrogens is 408 g/mol. The lowest BCUT2D eigenvalue weighted by Gasteiger charge is -2.10. The zero-order chi connectivity index (χ0) is 15.0. The number of ketones is 1. The van der Waals surface area contributed by atoms with E-state index in [-0.39, 0.29) is 31.4 Å². The lowest BCUT2D eigenvalue weighted by molar-refractivity contribution is 0.103. The molecule has 0 saturated heterocycles. The number of carbonyl (C=O) groups excluding carboxylic acids is 1. The topological polar surface area (TPSA) is 43.1 Å². The highest BCUT2D eigenvalue weighted by Gasteiger charge is 2.21. The largest absolute Gasteiger partial charge is 0.398 e. The maximum atomic E-state index is 12.5. The molecule has 2 nitrogen and oxygen atoms in total. The van der Waals surface area contributed by atoms with Crippen LogP contribution in [0.4, 0.5) is 5.69 Å². The fourth-order valence-electron chi connectivity index (χ4n) is 1.60. The molecule has 2 N–H and O–H groups in total. The number of hydrogen-bond donors (Lipinski definition) is 1. The lowest BCUT2D eigenvalue weighted by atomic mass is 10.0. The molecule has 0 spiro atoms. The second-order valence-corrected chi connectivity index (χ2v) is 6.33. The summed E-state index contributed by atoms with van der Waals surface area (Å²) in [6.07, 6.45) is 0. The molecule has 0 amide bonds. The van der Waals surface area contributed by atoms with E-state index in [1.807, 2.05) is 0 Å². The Morgan fingerprint density at radius 2 is 1.65 bits per heavy atom. The van der Waals surface area contributed by atoms with E-state index in [0.717, 1.165) is 0 Å². The smallest absolute Gasteiger partial charge is 0.196 e. The van der Waals surface area contributed by atoms with Crippen molar-refractivity contribution in [2.75, 3.05) is 5.73 Å². The fourth-order valence-corrected chi connectivity index (χ4v) is 2.93. The molecular formula is C13H6BrCl4NO. The highest BCUT2D eigenvalue weighted by molar-refractivity contribution is 9.10. The first-order valence-corrected chi connectivity index (χ1v) is 7.56. The average molecular weight is 414 g/mol. The van der Waals surface area contributed by atoms with Gasteiger partial charge in [0.05, 0.1) is 25.7 Å². The molecule has 0 unspecified atom stereocenters. The van der Waals surface area contributed by atoms with Crippen molar-refractivity contribution >= 4 is 73.8 Å². The van der Waals surface area contributed by atoms with Crippen LogP contribution in [0.3, 0.4) is 0 Å². The van der Waals surface area contributed by atoms with Gasteiger partial charge in [-0.15, -0.1) is 0 Å². The number of hydrogen-bond acceptors (Lipinski definition) is 2. The minimum Gasteiger partial charge on any atom is -0.398 e. The van der Waals surface area contributed by atoms with Crippen molar-refractivity contribution in [2.45, 2.75) is 0 Å². The van der Waals surface area contributed by atoms with Crippen LogP contribution in [0.1, 0.15) is 15.9 Å². The lowest BCUT2D eigenvalue weighted by Crippen LogP contribution is -2.05. The summed E-state index contributed by atoms with van der Waals surface area (Å²) in [6.45, 7) is 0. The fraction of sp³-hybridized carbons (Fsp3) is 0. The molecule has 0 aromatic heterocycles. The van der Waals surface area contributed by atoms with E-state index in [1.54, 1.807) is 12.1 Å². The third-order valence-corrected chi connectivity index (χ3v) is 4.88. The number of halogens is 5. The monoisotopic (exact) mass is 411 g/mol. The molecule has 0 bridgehead atoms. The van der Waals surface area contributed by atoms with Crippen LogP contribution in [0.25, 0.3) is 0 Å². The Hall–Kier alpha value is -0.450. The van der Waals surface area contributed by atoms with Crippen molar-refractivity contribution in [3.63, 3.8) is 0 Å². The van der Waals surface area contributed by atoms with Gasteiger partial charge in [0.15, 0.2) is 5.78 Å². The van der Waals surface area contributed by atoms with Crippen molar-refractivity contribution in [2.24, 2.45) is 0 Å². The standard InChI is InChI=1S/C13H6BrCl4NO/c14-6-2-1-5(3-9(6)19)13(20)10-7(15)4-8(16)11(17)12(10)18/h1-4H,19H2. The van der Waals surface area contributed by atoms with Gasteiger partial charge in [-0.25, -0.2) is 0 Å². The quantitative estimate of drug-likeness (QED) is 0.289. The highest BCUT2D eigenvalue weighted by Crippen LogP contribution is 2.38. The number of rotatable bonds is 2. The first kappa shape index (κ1) is 15.9. The zero-order valence-electron chi connectivity index (χ0n) is 9.68. The van der Waals surface area contributed by atoms with Crippen molar-refractivity contribution in [1.82, 2.24) is 0 Å². The van der Waals surface area contributed by atoms with Crippen molar-refractivity contribution in [3.05, 3.63) is 60.0 Å². The molecule has 2 aromatic carbocycles. The van der Waals surface area contributed by atoms with E-state index in [9.17, 15) is 4.79 Å². The molecule has 0 aliphatic heterocycles. The van der Waals surface area contributed by atoms with Crippen molar-refractivity contribution in [3.8, 4) is 0 Å². The normalized spacial score (nSPS) is 10.7. The van der Waals surface area contributed by atoms with Crippen molar-refractivity contribution in [1.29, 1.82) is 0 Å². The third kappa shape index (κ3) is 2.92. The van der Waals surface area contributed by atoms with Crippen LogP contribution in [0.15, 0.2) is 28.7 Å². The molecule has 0 fully saturated rings. The van der Waals surface area contributed by atoms with E-state index in [4.69, 9.17) is 52.1 Å². The Bertz CT molecular complexity index is 718. The van der Waals surface area contributed by atoms with Crippen LogP contribution in [0.5, 0.6) is 0 Å². The maximum Gasteiger partial charge on any atom is 0.196 e. The van der Waals surface area contributed by atoms with Crippen LogP contribution < -0.4 is 5.73 Å². The maximum absolute atomic E-state index is 12.5. The molecule has 20 heavy (non-hydrogen) atoms. The van der Waals surface area contributed by atoms with Crippen LogP contribution in [0, 0.1) is 0 Å². The van der Waals surface area contributed by atoms with Crippen molar-refractivity contribution < 1.29 is 4.79 Å². The summed E-state index contributed by atoms with van der Waals surface area (Å²) in [7, 11) is 0. The Morgan fingerprint density at radius 3 is 2.25 bits per heavy atom. The number of nitrogen functional groups attached to an aromatic ring is 1. The number of anilines is 1. The Morgan fingerprint density at radius 1 is 1.00 bits per heavy atom. The van der Waals surface area contributed by atoms with Gasteiger partial charge < -0.3 is 5.73 Å². The summed E-state index contributed by atoms with van der Waals surface area (Å²) in [6, 6.07) is 6.19. The van der Waals surface area contributed by atoms with Crippen LogP contribution in [0.2, 0.25) is 20.1 Å². The average Bonchev–Trinajstić information content (AvgIpc) is 2.39. The Labute approximate surface area is 143 Å². The molecule has 0 atom stereocenters. The molecule has 2 aromatic rings. The van der Waals surface area contributed by atoms with E-state index in [0.29, 0.717) is 15.7 Å². The minimum absolute atomic E-state index is 0.0238. The summed E-state index contributed by atoms with van der Waals surface area (Å²) < 4.78 is 0.695. The molecule has 0 aliphatic carbocycles. The van der Waals surface area contributed by atoms with Gasteiger partial charge in [0.2, 0.25) is 0 Å². The van der Waals surface area contributed by atoms with E-state index in [2.05, 4.69) is 15.9 Å². The number of nitrogens with two attached hydrogens (primary N) is 1. The van der Waals surface area contributed by atoms with Gasteiger partial charge in [0.1, 0.15) is 0 Å². The third-order valence-electron chi connectivity index (χ3n) is 2.60. The van der Waals surface area contributed by atoms with Crippen LogP contribution in [-0.4, -0.2) is 5.78 Å². The molecule has 0 radical (unpaired) electrons. The molecule has 7 heteroatoms. The van der Waals surface area contributed by atoms with E-state index in [1.165, 1.54) is 12.1 Å². The predicted octanol–water partition coefficient (Wildman–Crippen LogP) is 5.88. The van der Waals surface area contributed by atoms with E-state index < -0.39 is 0 Å². The minimum atomic E-state index is -0.377. The zero-order valence-corrected chi connectivity index (χ0v) is 14.3. The van der Waals surface area contributed by atoms with Gasteiger partial charge in [-0.3, -0.25) is 4.79 Å². The van der Waals surface area contributed by atoms with Gasteiger partial charge >= 0.3 is 0 Å². The van der Waals surface area contributed by atoms with Gasteiger partial charge in [0.25, 0.3) is 0 Å². The summed E-state index contributed by atoms with van der Waals surface area (Å²) in [5.74, 6) is -0.377. The number of carbonyl (C=O) groups is 1. The predicted molar refractivity (Wildman–Crippen MR) is 88.5 cm³/mol. The second kappa shape index (κ2) is 6.12. The Kier molecular flexibility index (Phi) is 4.88. The summed E-state index contributed by atoms with van der Waals surface area (Å²) in [5, 5.41) is 0.436. The molecule has 0 saturated carbocycles. The van der Waals surface area contributed by atoms with Crippen LogP contribution in [-0.2, 0) is 0 Å². The number of benzene rings is 2. The van der Waals surface area contributed by atoms with Gasteiger partial charge in [-0.2, -0.15) is 0 Å². The molecule has 0 aliphatic rings.